The van der Waals surface area contributed by atoms with Gasteiger partial charge in [-0.3, -0.25) is 9.48 Å². The fraction of sp³-hybridized carbons (Fsp3) is 0.789. The van der Waals surface area contributed by atoms with Crippen LogP contribution in [0.1, 0.15) is 86.7 Å². The zero-order chi connectivity index (χ0) is 16.9. The second-order valence-corrected chi connectivity index (χ2v) is 7.45. The van der Waals surface area contributed by atoms with Crippen LogP contribution >= 0.6 is 0 Å². The van der Waals surface area contributed by atoms with Gasteiger partial charge in [-0.1, -0.05) is 19.8 Å². The predicted molar refractivity (Wildman–Crippen MR) is 94.0 cm³/mol. The fourth-order valence-electron chi connectivity index (χ4n) is 3.93. The topological polar surface area (TPSA) is 67.2 Å². The number of carbonyl (C=O) groups excluding carboxylic acids is 1. The average Bonchev–Trinajstić information content (AvgIpc) is 3.33. The number of hydrogen-bond acceptors (Lipinski definition) is 3. The van der Waals surface area contributed by atoms with Crippen LogP contribution in [0.25, 0.3) is 0 Å². The lowest BCUT2D eigenvalue weighted by Gasteiger charge is -2.27. The van der Waals surface area contributed by atoms with E-state index < -0.39 is 0 Å². The van der Waals surface area contributed by atoms with Crippen molar-refractivity contribution in [2.75, 3.05) is 6.54 Å². The Kier molecular flexibility index (Phi) is 5.93. The third-order valence-corrected chi connectivity index (χ3v) is 5.43. The first-order valence-corrected chi connectivity index (χ1v) is 9.72. The van der Waals surface area contributed by atoms with Crippen molar-refractivity contribution in [3.05, 3.63) is 17.5 Å². The second-order valence-electron chi connectivity index (χ2n) is 7.45. The van der Waals surface area contributed by atoms with Crippen LogP contribution in [-0.4, -0.2) is 33.4 Å². The molecule has 1 amide bonds. The number of rotatable bonds is 8. The Morgan fingerprint density at radius 3 is 2.83 bits per heavy atom. The summed E-state index contributed by atoms with van der Waals surface area (Å²) in [7, 11) is 0. The maximum atomic E-state index is 12.5. The van der Waals surface area contributed by atoms with Gasteiger partial charge < -0.3 is 10.4 Å². The summed E-state index contributed by atoms with van der Waals surface area (Å²) in [6.07, 6.45) is 11.4. The Balaban J connectivity index is 1.48. The van der Waals surface area contributed by atoms with Crippen LogP contribution in [0.15, 0.2) is 6.20 Å². The third-order valence-electron chi connectivity index (χ3n) is 5.43. The molecule has 2 aliphatic rings. The Labute approximate surface area is 144 Å². The summed E-state index contributed by atoms with van der Waals surface area (Å²) in [4.78, 5) is 12.5. The molecule has 2 saturated carbocycles. The Morgan fingerprint density at radius 2 is 2.12 bits per heavy atom. The highest BCUT2D eigenvalue weighted by atomic mass is 16.3. The van der Waals surface area contributed by atoms with E-state index in [4.69, 9.17) is 0 Å². The van der Waals surface area contributed by atoms with Crippen LogP contribution in [0, 0.1) is 5.92 Å². The molecule has 0 aromatic carbocycles. The normalized spacial score (nSPS) is 24.1. The molecule has 2 aliphatic carbocycles. The van der Waals surface area contributed by atoms with Gasteiger partial charge in [-0.25, -0.2) is 0 Å². The number of nitrogens with one attached hydrogen (secondary N) is 1. The molecule has 1 aromatic rings. The molecule has 1 heterocycles. The number of aromatic nitrogens is 2. The summed E-state index contributed by atoms with van der Waals surface area (Å²) in [5.41, 5.74) is 1.90. The van der Waals surface area contributed by atoms with Crippen LogP contribution < -0.4 is 5.32 Å². The van der Waals surface area contributed by atoms with Crippen LogP contribution in [0.4, 0.5) is 0 Å². The molecule has 0 radical (unpaired) electrons. The SMILES string of the molecule is CCCn1ncc(C(=O)NCCCC2CCCCC2O)c1C1CC1. The molecule has 3 rings (SSSR count). The highest BCUT2D eigenvalue weighted by Crippen LogP contribution is 2.41. The van der Waals surface area contributed by atoms with E-state index in [0.29, 0.717) is 18.4 Å². The molecule has 2 atom stereocenters. The first kappa shape index (κ1) is 17.5. The fourth-order valence-corrected chi connectivity index (χ4v) is 3.93. The Bertz CT molecular complexity index is 551. The van der Waals surface area contributed by atoms with Gasteiger partial charge in [0.25, 0.3) is 5.91 Å². The zero-order valence-electron chi connectivity index (χ0n) is 14.8. The van der Waals surface area contributed by atoms with Gasteiger partial charge in [-0.15, -0.1) is 0 Å². The molecule has 24 heavy (non-hydrogen) atoms. The van der Waals surface area contributed by atoms with E-state index in [9.17, 15) is 9.90 Å². The molecule has 0 saturated heterocycles. The molecule has 2 unspecified atom stereocenters. The van der Waals surface area contributed by atoms with Crippen LogP contribution in [0.5, 0.6) is 0 Å². The minimum Gasteiger partial charge on any atom is -0.393 e. The van der Waals surface area contributed by atoms with Gasteiger partial charge in [0.1, 0.15) is 0 Å². The molecule has 5 heteroatoms. The first-order valence-electron chi connectivity index (χ1n) is 9.72. The van der Waals surface area contributed by atoms with E-state index in [1.165, 1.54) is 19.3 Å². The van der Waals surface area contributed by atoms with Crippen LogP contribution in [0.3, 0.4) is 0 Å². The number of aliphatic hydroxyl groups is 1. The number of aliphatic hydroxyl groups excluding tert-OH is 1. The molecule has 2 N–H and O–H groups in total. The maximum Gasteiger partial charge on any atom is 0.254 e. The monoisotopic (exact) mass is 333 g/mol. The summed E-state index contributed by atoms with van der Waals surface area (Å²) in [6, 6.07) is 0. The third kappa shape index (κ3) is 4.18. The number of carbonyl (C=O) groups is 1. The van der Waals surface area contributed by atoms with Crippen molar-refractivity contribution in [2.24, 2.45) is 5.92 Å². The molecule has 134 valence electrons. The molecular weight excluding hydrogens is 302 g/mol. The van der Waals surface area contributed by atoms with Gasteiger partial charge in [0.15, 0.2) is 0 Å². The lowest BCUT2D eigenvalue weighted by atomic mass is 9.83. The average molecular weight is 333 g/mol. The van der Waals surface area contributed by atoms with Gasteiger partial charge in [0, 0.05) is 19.0 Å². The van der Waals surface area contributed by atoms with E-state index in [1.807, 2.05) is 4.68 Å². The summed E-state index contributed by atoms with van der Waals surface area (Å²) in [5, 5.41) is 17.5. The number of aryl methyl sites for hydroxylation is 1. The smallest absolute Gasteiger partial charge is 0.254 e. The molecule has 0 bridgehead atoms. The highest BCUT2D eigenvalue weighted by molar-refractivity contribution is 5.95. The summed E-state index contributed by atoms with van der Waals surface area (Å²) < 4.78 is 2.02. The number of nitrogens with zero attached hydrogens (tertiary/aromatic N) is 2. The lowest BCUT2D eigenvalue weighted by molar-refractivity contribution is 0.0641. The summed E-state index contributed by atoms with van der Waals surface area (Å²) in [5.74, 6) is 0.964. The quantitative estimate of drug-likeness (QED) is 0.718. The second kappa shape index (κ2) is 8.15. The highest BCUT2D eigenvalue weighted by Gasteiger charge is 2.32. The van der Waals surface area contributed by atoms with E-state index >= 15 is 0 Å². The first-order chi connectivity index (χ1) is 11.7. The van der Waals surface area contributed by atoms with Crippen molar-refractivity contribution in [3.8, 4) is 0 Å². The van der Waals surface area contributed by atoms with Crippen LogP contribution in [-0.2, 0) is 6.54 Å². The lowest BCUT2D eigenvalue weighted by Crippen LogP contribution is -2.28. The van der Waals surface area contributed by atoms with Crippen molar-refractivity contribution < 1.29 is 9.90 Å². The zero-order valence-corrected chi connectivity index (χ0v) is 14.8. The van der Waals surface area contributed by atoms with Crippen molar-refractivity contribution in [3.63, 3.8) is 0 Å². The standard InChI is InChI=1S/C19H31N3O2/c1-2-12-22-18(15-9-10-15)16(13-21-22)19(24)20-11-5-7-14-6-3-4-8-17(14)23/h13-15,17,23H,2-12H2,1H3,(H,20,24). The van der Waals surface area contributed by atoms with E-state index in [-0.39, 0.29) is 12.0 Å². The number of hydrogen-bond donors (Lipinski definition) is 2. The molecule has 0 spiro atoms. The summed E-state index contributed by atoms with van der Waals surface area (Å²) in [6.45, 7) is 3.71. The minimum absolute atomic E-state index is 0.0171. The van der Waals surface area contributed by atoms with Gasteiger partial charge in [0.2, 0.25) is 0 Å². The van der Waals surface area contributed by atoms with Crippen molar-refractivity contribution in [1.82, 2.24) is 15.1 Å². The Hall–Kier alpha value is -1.36. The van der Waals surface area contributed by atoms with Gasteiger partial charge in [-0.2, -0.15) is 5.10 Å². The molecule has 1 aromatic heterocycles. The van der Waals surface area contributed by atoms with Crippen LogP contribution in [0.2, 0.25) is 0 Å². The van der Waals surface area contributed by atoms with Crippen molar-refractivity contribution in [1.29, 1.82) is 0 Å². The van der Waals surface area contributed by atoms with Crippen molar-refractivity contribution in [2.45, 2.75) is 83.3 Å². The Morgan fingerprint density at radius 1 is 1.33 bits per heavy atom. The number of amides is 1. The van der Waals surface area contributed by atoms with E-state index in [0.717, 1.165) is 56.3 Å². The van der Waals surface area contributed by atoms with Gasteiger partial charge in [0.05, 0.1) is 23.6 Å². The van der Waals surface area contributed by atoms with E-state index in [2.05, 4.69) is 17.3 Å². The van der Waals surface area contributed by atoms with Crippen molar-refractivity contribution >= 4 is 5.91 Å². The molecule has 2 fully saturated rings. The molecular formula is C19H31N3O2. The molecule has 5 nitrogen and oxygen atoms in total. The van der Waals surface area contributed by atoms with Gasteiger partial charge in [-0.05, 0) is 50.9 Å². The molecule has 0 aliphatic heterocycles. The van der Waals surface area contributed by atoms with Gasteiger partial charge >= 0.3 is 0 Å². The largest absolute Gasteiger partial charge is 0.393 e. The maximum absolute atomic E-state index is 12.5. The van der Waals surface area contributed by atoms with E-state index in [1.54, 1.807) is 6.20 Å². The predicted octanol–water partition coefficient (Wildman–Crippen LogP) is 3.23. The summed E-state index contributed by atoms with van der Waals surface area (Å²) >= 11 is 0. The minimum atomic E-state index is -0.136.